The fourth-order valence-electron chi connectivity index (χ4n) is 4.08. The highest BCUT2D eigenvalue weighted by molar-refractivity contribution is 5.94. The van der Waals surface area contributed by atoms with Gasteiger partial charge in [0, 0.05) is 25.1 Å². The summed E-state index contributed by atoms with van der Waals surface area (Å²) >= 11 is 0. The second-order valence-corrected chi connectivity index (χ2v) is 8.51. The van der Waals surface area contributed by atoms with Gasteiger partial charge in [0.15, 0.2) is 0 Å². The van der Waals surface area contributed by atoms with Gasteiger partial charge in [0.05, 0.1) is 17.6 Å². The van der Waals surface area contributed by atoms with E-state index < -0.39 is 0 Å². The van der Waals surface area contributed by atoms with Crippen LogP contribution in [-0.2, 0) is 13.0 Å². The van der Waals surface area contributed by atoms with Crippen LogP contribution in [0.1, 0.15) is 40.2 Å². The standard InChI is InChI=1S/C28H30FN3O2/c1-20-10-15-26(21(2)19-20)34-18-6-17-32-25-8-4-3-7-24(25)31-27(32)9-5-16-30-28(33)22-11-13-23(29)14-12-22/h3-4,7-8,10-15,19H,5-6,9,16-18H2,1-2H3,(H,30,33). The molecule has 0 fully saturated rings. The van der Waals surface area contributed by atoms with Gasteiger partial charge in [-0.2, -0.15) is 0 Å². The van der Waals surface area contributed by atoms with Gasteiger partial charge in [0.2, 0.25) is 0 Å². The molecule has 6 heteroatoms. The zero-order chi connectivity index (χ0) is 23.9. The average Bonchev–Trinajstić information content (AvgIpc) is 3.18. The van der Waals surface area contributed by atoms with Gasteiger partial charge in [-0.05, 0) is 74.7 Å². The second-order valence-electron chi connectivity index (χ2n) is 8.51. The van der Waals surface area contributed by atoms with Gasteiger partial charge in [-0.1, -0.05) is 29.8 Å². The van der Waals surface area contributed by atoms with Crippen LogP contribution in [0.3, 0.4) is 0 Å². The summed E-state index contributed by atoms with van der Waals surface area (Å²) in [7, 11) is 0. The summed E-state index contributed by atoms with van der Waals surface area (Å²) in [6.45, 7) is 6.11. The zero-order valence-corrected chi connectivity index (χ0v) is 19.7. The number of carbonyl (C=O) groups excluding carboxylic acids is 1. The number of hydrogen-bond donors (Lipinski definition) is 1. The van der Waals surface area contributed by atoms with Crippen LogP contribution in [0.5, 0.6) is 5.75 Å². The lowest BCUT2D eigenvalue weighted by molar-refractivity contribution is 0.0953. The molecule has 176 valence electrons. The summed E-state index contributed by atoms with van der Waals surface area (Å²) in [6, 6.07) is 19.9. The Hall–Kier alpha value is -3.67. The molecule has 1 N–H and O–H groups in total. The van der Waals surface area contributed by atoms with Gasteiger partial charge in [0.1, 0.15) is 17.4 Å². The van der Waals surface area contributed by atoms with Crippen LogP contribution in [0.25, 0.3) is 11.0 Å². The number of nitrogens with one attached hydrogen (secondary N) is 1. The molecule has 0 unspecified atom stereocenters. The number of fused-ring (bicyclic) bond motifs is 1. The quantitative estimate of drug-likeness (QED) is 0.313. The molecule has 5 nitrogen and oxygen atoms in total. The lowest BCUT2D eigenvalue weighted by atomic mass is 10.1. The molecule has 0 aliphatic heterocycles. The largest absolute Gasteiger partial charge is 0.493 e. The predicted molar refractivity (Wildman–Crippen MR) is 133 cm³/mol. The van der Waals surface area contributed by atoms with E-state index in [4.69, 9.17) is 9.72 Å². The minimum absolute atomic E-state index is 0.197. The Morgan fingerprint density at radius 2 is 1.82 bits per heavy atom. The van der Waals surface area contributed by atoms with Crippen molar-refractivity contribution in [3.63, 3.8) is 0 Å². The molecular formula is C28H30FN3O2. The van der Waals surface area contributed by atoms with Crippen LogP contribution in [-0.4, -0.2) is 28.6 Å². The Morgan fingerprint density at radius 1 is 1.03 bits per heavy atom. The Bertz CT molecular complexity index is 1260. The molecule has 0 spiro atoms. The first-order valence-corrected chi connectivity index (χ1v) is 11.7. The summed E-state index contributed by atoms with van der Waals surface area (Å²) in [5, 5.41) is 2.90. The van der Waals surface area contributed by atoms with Crippen molar-refractivity contribution in [2.24, 2.45) is 0 Å². The number of imidazole rings is 1. The summed E-state index contributed by atoms with van der Waals surface area (Å²) < 4.78 is 21.3. The molecule has 0 atom stereocenters. The molecule has 1 amide bonds. The summed E-state index contributed by atoms with van der Waals surface area (Å²) in [5.41, 5.74) is 4.92. The monoisotopic (exact) mass is 459 g/mol. The molecule has 0 radical (unpaired) electrons. The molecule has 1 aromatic heterocycles. The first kappa shape index (κ1) is 23.5. The van der Waals surface area contributed by atoms with Crippen LogP contribution >= 0.6 is 0 Å². The van der Waals surface area contributed by atoms with E-state index in [1.807, 2.05) is 24.3 Å². The highest BCUT2D eigenvalue weighted by atomic mass is 19.1. The Labute approximate surface area is 199 Å². The van der Waals surface area contributed by atoms with E-state index in [1.54, 1.807) is 0 Å². The second kappa shape index (κ2) is 11.0. The van der Waals surface area contributed by atoms with Crippen molar-refractivity contribution in [2.45, 2.75) is 39.7 Å². The van der Waals surface area contributed by atoms with E-state index in [9.17, 15) is 9.18 Å². The van der Waals surface area contributed by atoms with Gasteiger partial charge >= 0.3 is 0 Å². The van der Waals surface area contributed by atoms with Crippen molar-refractivity contribution >= 4 is 16.9 Å². The highest BCUT2D eigenvalue weighted by Gasteiger charge is 2.11. The number of carbonyl (C=O) groups is 1. The molecule has 0 saturated heterocycles. The minimum Gasteiger partial charge on any atom is -0.493 e. The van der Waals surface area contributed by atoms with Crippen molar-refractivity contribution in [1.29, 1.82) is 0 Å². The third kappa shape index (κ3) is 5.81. The first-order chi connectivity index (χ1) is 16.5. The number of aromatic nitrogens is 2. The lowest BCUT2D eigenvalue weighted by Gasteiger charge is -2.12. The van der Waals surface area contributed by atoms with Crippen molar-refractivity contribution < 1.29 is 13.9 Å². The number of para-hydroxylation sites is 2. The Morgan fingerprint density at radius 3 is 2.62 bits per heavy atom. The minimum atomic E-state index is -0.352. The first-order valence-electron chi connectivity index (χ1n) is 11.7. The van der Waals surface area contributed by atoms with Crippen molar-refractivity contribution in [3.8, 4) is 5.75 Å². The summed E-state index contributed by atoms with van der Waals surface area (Å²) in [5.74, 6) is 1.38. The number of rotatable bonds is 10. The molecule has 4 rings (SSSR count). The van der Waals surface area contributed by atoms with Gasteiger partial charge in [0.25, 0.3) is 5.91 Å². The predicted octanol–water partition coefficient (Wildman–Crippen LogP) is 5.62. The summed E-state index contributed by atoms with van der Waals surface area (Å²) in [4.78, 5) is 17.1. The maximum atomic E-state index is 13.1. The fraction of sp³-hybridized carbons (Fsp3) is 0.286. The molecule has 0 aliphatic carbocycles. The number of ether oxygens (including phenoxy) is 1. The fourth-order valence-corrected chi connectivity index (χ4v) is 4.08. The molecule has 0 bridgehead atoms. The SMILES string of the molecule is Cc1ccc(OCCCn2c(CCCNC(=O)c3ccc(F)cc3)nc3ccccc32)c(C)c1. The molecular weight excluding hydrogens is 429 g/mol. The van der Waals surface area contributed by atoms with Crippen molar-refractivity contribution in [2.75, 3.05) is 13.2 Å². The number of halogens is 1. The van der Waals surface area contributed by atoms with Crippen LogP contribution in [0, 0.1) is 19.7 Å². The highest BCUT2D eigenvalue weighted by Crippen LogP contribution is 2.20. The smallest absolute Gasteiger partial charge is 0.251 e. The number of aryl methyl sites for hydroxylation is 4. The average molecular weight is 460 g/mol. The molecule has 4 aromatic rings. The van der Waals surface area contributed by atoms with Crippen molar-refractivity contribution in [1.82, 2.24) is 14.9 Å². The number of nitrogens with zero attached hydrogens (tertiary/aromatic N) is 2. The molecule has 0 saturated carbocycles. The van der Waals surface area contributed by atoms with E-state index in [0.29, 0.717) is 18.7 Å². The maximum Gasteiger partial charge on any atom is 0.251 e. The number of amides is 1. The van der Waals surface area contributed by atoms with E-state index in [2.05, 4.69) is 41.9 Å². The summed E-state index contributed by atoms with van der Waals surface area (Å²) in [6.07, 6.45) is 2.37. The van der Waals surface area contributed by atoms with Gasteiger partial charge in [-0.25, -0.2) is 9.37 Å². The third-order valence-corrected chi connectivity index (χ3v) is 5.82. The van der Waals surface area contributed by atoms with Gasteiger partial charge in [-0.15, -0.1) is 0 Å². The zero-order valence-electron chi connectivity index (χ0n) is 19.7. The Balaban J connectivity index is 1.33. The van der Waals surface area contributed by atoms with Crippen molar-refractivity contribution in [3.05, 3.63) is 95.1 Å². The van der Waals surface area contributed by atoms with Crippen LogP contribution in [0.2, 0.25) is 0 Å². The van der Waals surface area contributed by atoms with Crippen LogP contribution in [0.4, 0.5) is 4.39 Å². The van der Waals surface area contributed by atoms with E-state index in [0.717, 1.165) is 54.0 Å². The van der Waals surface area contributed by atoms with Gasteiger partial charge < -0.3 is 14.6 Å². The topological polar surface area (TPSA) is 56.1 Å². The molecule has 1 heterocycles. The number of benzene rings is 3. The van der Waals surface area contributed by atoms with Crippen LogP contribution in [0.15, 0.2) is 66.7 Å². The Kier molecular flexibility index (Phi) is 7.58. The van der Waals surface area contributed by atoms with E-state index in [1.165, 1.54) is 29.8 Å². The van der Waals surface area contributed by atoms with E-state index >= 15 is 0 Å². The van der Waals surface area contributed by atoms with Crippen LogP contribution < -0.4 is 10.1 Å². The molecule has 0 aliphatic rings. The van der Waals surface area contributed by atoms with Gasteiger partial charge in [-0.3, -0.25) is 4.79 Å². The molecule has 34 heavy (non-hydrogen) atoms. The number of hydrogen-bond acceptors (Lipinski definition) is 3. The lowest BCUT2D eigenvalue weighted by Crippen LogP contribution is -2.25. The third-order valence-electron chi connectivity index (χ3n) is 5.82. The normalized spacial score (nSPS) is 11.0. The maximum absolute atomic E-state index is 13.1. The van der Waals surface area contributed by atoms with E-state index in [-0.39, 0.29) is 11.7 Å². The molecule has 3 aromatic carbocycles.